The van der Waals surface area contributed by atoms with Crippen LogP contribution in [0.1, 0.15) is 76.6 Å². The van der Waals surface area contributed by atoms with Crippen molar-refractivity contribution in [3.63, 3.8) is 0 Å². The largest absolute Gasteiger partial charge is 0.425 e. The van der Waals surface area contributed by atoms with Crippen molar-refractivity contribution in [3.05, 3.63) is 41.6 Å². The summed E-state index contributed by atoms with van der Waals surface area (Å²) in [7, 11) is -3.47. The maximum Gasteiger partial charge on any atom is 0.243 e. The van der Waals surface area contributed by atoms with Crippen LogP contribution >= 0.6 is 0 Å². The van der Waals surface area contributed by atoms with E-state index < -0.39 is 10.0 Å². The Kier molecular flexibility index (Phi) is 5.45. The summed E-state index contributed by atoms with van der Waals surface area (Å²) in [5.41, 5.74) is 1.12. The number of nitrogens with zero attached hydrogens (tertiary/aromatic N) is 3. The Bertz CT molecular complexity index is 872. The van der Waals surface area contributed by atoms with Crippen LogP contribution in [0.3, 0.4) is 0 Å². The van der Waals surface area contributed by atoms with Crippen LogP contribution in [0.5, 0.6) is 0 Å². The van der Waals surface area contributed by atoms with Gasteiger partial charge in [0.1, 0.15) is 0 Å². The van der Waals surface area contributed by atoms with Gasteiger partial charge in [-0.25, -0.2) is 8.42 Å². The first-order valence-electron chi connectivity index (χ1n) is 9.53. The van der Waals surface area contributed by atoms with Crippen molar-refractivity contribution in [1.29, 1.82) is 0 Å². The molecule has 0 spiro atoms. The molecular formula is C20H29N3O3S. The minimum atomic E-state index is -3.47. The van der Waals surface area contributed by atoms with Crippen molar-refractivity contribution in [2.24, 2.45) is 0 Å². The molecule has 0 saturated carbocycles. The maximum absolute atomic E-state index is 13.0. The summed E-state index contributed by atoms with van der Waals surface area (Å²) in [4.78, 5) is 0.355. The van der Waals surface area contributed by atoms with Crippen LogP contribution in [0.25, 0.3) is 0 Å². The van der Waals surface area contributed by atoms with E-state index in [1.165, 1.54) is 0 Å². The first kappa shape index (κ1) is 20.0. The van der Waals surface area contributed by atoms with Gasteiger partial charge in [0.25, 0.3) is 0 Å². The molecule has 1 aliphatic rings. The fraction of sp³-hybridized carbons (Fsp3) is 0.600. The molecule has 6 nitrogen and oxygen atoms in total. The molecule has 1 aromatic heterocycles. The predicted octanol–water partition coefficient (Wildman–Crippen LogP) is 4.06. The lowest BCUT2D eigenvalue weighted by Crippen LogP contribution is -2.38. The molecule has 7 heteroatoms. The van der Waals surface area contributed by atoms with Gasteiger partial charge in [-0.2, -0.15) is 4.31 Å². The second kappa shape index (κ2) is 7.36. The highest BCUT2D eigenvalue weighted by Crippen LogP contribution is 2.31. The molecule has 2 aromatic rings. The normalized spacial score (nSPS) is 17.6. The van der Waals surface area contributed by atoms with Gasteiger partial charge in [-0.15, -0.1) is 10.2 Å². The SMILES string of the molecule is CC(C)c1nnc(C2CCN(S(=O)(=O)c3ccc(C(C)(C)C)cc3)CC2)o1. The first-order chi connectivity index (χ1) is 12.6. The Morgan fingerprint density at radius 2 is 1.67 bits per heavy atom. The molecule has 2 heterocycles. The highest BCUT2D eigenvalue weighted by Gasteiger charge is 2.32. The maximum atomic E-state index is 13.0. The molecule has 0 aliphatic carbocycles. The molecular weight excluding hydrogens is 362 g/mol. The van der Waals surface area contributed by atoms with Crippen LogP contribution in [-0.2, 0) is 15.4 Å². The Labute approximate surface area is 162 Å². The zero-order chi connectivity index (χ0) is 19.8. The van der Waals surface area contributed by atoms with Crippen LogP contribution in [0, 0.1) is 0 Å². The molecule has 0 atom stereocenters. The summed E-state index contributed by atoms with van der Waals surface area (Å²) in [6.45, 7) is 11.3. The Morgan fingerprint density at radius 1 is 1.07 bits per heavy atom. The van der Waals surface area contributed by atoms with E-state index in [4.69, 9.17) is 4.42 Å². The minimum absolute atomic E-state index is 0.000443. The number of aromatic nitrogens is 2. The summed E-state index contributed by atoms with van der Waals surface area (Å²) < 4.78 is 33.2. The molecule has 0 amide bonds. The Hall–Kier alpha value is -1.73. The van der Waals surface area contributed by atoms with Gasteiger partial charge in [-0.3, -0.25) is 0 Å². The summed E-state index contributed by atoms with van der Waals surface area (Å²) in [6.07, 6.45) is 1.39. The average Bonchev–Trinajstić information content (AvgIpc) is 3.12. The van der Waals surface area contributed by atoms with E-state index >= 15 is 0 Å². The third kappa shape index (κ3) is 4.24. The van der Waals surface area contributed by atoms with Crippen molar-refractivity contribution in [2.75, 3.05) is 13.1 Å². The highest BCUT2D eigenvalue weighted by molar-refractivity contribution is 7.89. The zero-order valence-corrected chi connectivity index (χ0v) is 17.6. The van der Waals surface area contributed by atoms with Crippen LogP contribution in [0.15, 0.2) is 33.6 Å². The molecule has 148 valence electrons. The zero-order valence-electron chi connectivity index (χ0n) is 16.8. The van der Waals surface area contributed by atoms with Crippen molar-refractivity contribution >= 4 is 10.0 Å². The molecule has 0 radical (unpaired) electrons. The van der Waals surface area contributed by atoms with Gasteiger partial charge in [-0.1, -0.05) is 46.8 Å². The number of benzene rings is 1. The summed E-state index contributed by atoms with van der Waals surface area (Å²) in [5, 5.41) is 8.24. The second-order valence-electron chi connectivity index (χ2n) is 8.59. The number of piperidine rings is 1. The van der Waals surface area contributed by atoms with Crippen LogP contribution < -0.4 is 0 Å². The van der Waals surface area contributed by atoms with Gasteiger partial charge < -0.3 is 4.42 Å². The lowest BCUT2D eigenvalue weighted by Gasteiger charge is -2.29. The number of rotatable bonds is 4. The fourth-order valence-electron chi connectivity index (χ4n) is 3.26. The van der Waals surface area contributed by atoms with Gasteiger partial charge in [0.05, 0.1) is 4.90 Å². The molecule has 0 N–H and O–H groups in total. The quantitative estimate of drug-likeness (QED) is 0.785. The van der Waals surface area contributed by atoms with E-state index in [1.807, 2.05) is 26.0 Å². The van der Waals surface area contributed by atoms with Gasteiger partial charge in [0.2, 0.25) is 21.8 Å². The van der Waals surface area contributed by atoms with E-state index in [-0.39, 0.29) is 17.3 Å². The van der Waals surface area contributed by atoms with E-state index in [1.54, 1.807) is 16.4 Å². The lowest BCUT2D eigenvalue weighted by atomic mass is 9.87. The summed E-state index contributed by atoms with van der Waals surface area (Å²) in [5.74, 6) is 1.59. The average molecular weight is 392 g/mol. The van der Waals surface area contributed by atoms with Crippen molar-refractivity contribution in [2.45, 2.75) is 69.6 Å². The smallest absolute Gasteiger partial charge is 0.243 e. The van der Waals surface area contributed by atoms with E-state index in [0.717, 1.165) is 5.56 Å². The van der Waals surface area contributed by atoms with Gasteiger partial charge >= 0.3 is 0 Å². The third-order valence-corrected chi connectivity index (χ3v) is 7.02. The van der Waals surface area contributed by atoms with Gasteiger partial charge in [0, 0.05) is 24.9 Å². The van der Waals surface area contributed by atoms with Crippen LogP contribution in [0.4, 0.5) is 0 Å². The molecule has 1 aliphatic heterocycles. The predicted molar refractivity (Wildman–Crippen MR) is 104 cm³/mol. The molecule has 0 unspecified atom stereocenters. The monoisotopic (exact) mass is 391 g/mol. The number of sulfonamides is 1. The van der Waals surface area contributed by atoms with Crippen LogP contribution in [0.2, 0.25) is 0 Å². The van der Waals surface area contributed by atoms with Gasteiger partial charge in [-0.05, 0) is 36.0 Å². The second-order valence-corrected chi connectivity index (χ2v) is 10.5. The number of hydrogen-bond donors (Lipinski definition) is 0. The molecule has 27 heavy (non-hydrogen) atoms. The Morgan fingerprint density at radius 3 is 2.15 bits per heavy atom. The fourth-order valence-corrected chi connectivity index (χ4v) is 4.73. The van der Waals surface area contributed by atoms with Crippen LogP contribution in [-0.4, -0.2) is 36.0 Å². The van der Waals surface area contributed by atoms with Gasteiger partial charge in [0.15, 0.2) is 0 Å². The minimum Gasteiger partial charge on any atom is -0.425 e. The third-order valence-electron chi connectivity index (χ3n) is 5.11. The molecule has 1 fully saturated rings. The summed E-state index contributed by atoms with van der Waals surface area (Å²) >= 11 is 0. The highest BCUT2D eigenvalue weighted by atomic mass is 32.2. The van der Waals surface area contributed by atoms with Crippen molar-refractivity contribution < 1.29 is 12.8 Å². The topological polar surface area (TPSA) is 76.3 Å². The lowest BCUT2D eigenvalue weighted by molar-refractivity contribution is 0.285. The Balaban J connectivity index is 1.69. The summed E-state index contributed by atoms with van der Waals surface area (Å²) in [6, 6.07) is 7.25. The van der Waals surface area contributed by atoms with E-state index in [2.05, 4.69) is 31.0 Å². The van der Waals surface area contributed by atoms with Crippen molar-refractivity contribution in [3.8, 4) is 0 Å². The van der Waals surface area contributed by atoms with E-state index in [0.29, 0.717) is 42.6 Å². The molecule has 3 rings (SSSR count). The van der Waals surface area contributed by atoms with E-state index in [9.17, 15) is 8.42 Å². The molecule has 1 aromatic carbocycles. The van der Waals surface area contributed by atoms with Crippen molar-refractivity contribution in [1.82, 2.24) is 14.5 Å². The molecule has 0 bridgehead atoms. The molecule has 1 saturated heterocycles. The standard InChI is InChI=1S/C20H29N3O3S/c1-14(2)18-21-22-19(26-18)15-10-12-23(13-11-15)27(24,25)17-8-6-16(7-9-17)20(3,4)5/h6-9,14-15H,10-13H2,1-5H3. The first-order valence-corrected chi connectivity index (χ1v) is 11.0. The number of hydrogen-bond acceptors (Lipinski definition) is 5.